The highest BCUT2D eigenvalue weighted by molar-refractivity contribution is 7.12. The van der Waals surface area contributed by atoms with Gasteiger partial charge in [0.05, 0.1) is 6.04 Å². The molecule has 0 aromatic carbocycles. The van der Waals surface area contributed by atoms with E-state index in [2.05, 4.69) is 43.1 Å². The van der Waals surface area contributed by atoms with Crippen LogP contribution in [-0.2, 0) is 4.79 Å². The van der Waals surface area contributed by atoms with E-state index in [0.717, 1.165) is 6.42 Å². The number of carbonyl (C=O) groups is 1. The maximum Gasteiger partial charge on any atom is 0.241 e. The van der Waals surface area contributed by atoms with E-state index >= 15 is 0 Å². The predicted molar refractivity (Wildman–Crippen MR) is 73.4 cm³/mol. The molecular weight excluding hydrogens is 244 g/mol. The Morgan fingerprint density at radius 1 is 1.44 bits per heavy atom. The van der Waals surface area contributed by atoms with Crippen molar-refractivity contribution >= 4 is 17.2 Å². The third-order valence-electron chi connectivity index (χ3n) is 4.14. The summed E-state index contributed by atoms with van der Waals surface area (Å²) in [6.07, 6.45) is 1.20. The first-order chi connectivity index (χ1) is 8.40. The SMILES string of the molecule is Cc1ccc(C2NC(C)C(=O)N2C2CC2(C)C)s1. The summed E-state index contributed by atoms with van der Waals surface area (Å²) < 4.78 is 0. The van der Waals surface area contributed by atoms with Gasteiger partial charge in [0.1, 0.15) is 6.17 Å². The third-order valence-corrected chi connectivity index (χ3v) is 5.19. The summed E-state index contributed by atoms with van der Waals surface area (Å²) in [5, 5.41) is 3.43. The zero-order valence-electron chi connectivity index (χ0n) is 11.4. The largest absolute Gasteiger partial charge is 0.317 e. The van der Waals surface area contributed by atoms with Crippen molar-refractivity contribution in [3.8, 4) is 0 Å². The zero-order chi connectivity index (χ0) is 13.1. The van der Waals surface area contributed by atoms with Gasteiger partial charge in [-0.1, -0.05) is 13.8 Å². The molecule has 1 aliphatic heterocycles. The average Bonchev–Trinajstić information content (AvgIpc) is 2.62. The fourth-order valence-corrected chi connectivity index (χ4v) is 3.74. The summed E-state index contributed by atoms with van der Waals surface area (Å²) >= 11 is 1.78. The molecule has 0 spiro atoms. The minimum Gasteiger partial charge on any atom is -0.317 e. The molecule has 1 aliphatic carbocycles. The van der Waals surface area contributed by atoms with Crippen LogP contribution >= 0.6 is 11.3 Å². The molecule has 0 radical (unpaired) electrons. The molecule has 1 aromatic heterocycles. The summed E-state index contributed by atoms with van der Waals surface area (Å²) in [6.45, 7) is 8.56. The van der Waals surface area contributed by atoms with Crippen molar-refractivity contribution < 1.29 is 4.79 Å². The summed E-state index contributed by atoms with van der Waals surface area (Å²) in [5.41, 5.74) is 0.284. The van der Waals surface area contributed by atoms with E-state index in [1.165, 1.54) is 9.75 Å². The Labute approximate surface area is 112 Å². The third kappa shape index (κ3) is 1.79. The fraction of sp³-hybridized carbons (Fsp3) is 0.643. The normalized spacial score (nSPS) is 34.1. The summed E-state index contributed by atoms with van der Waals surface area (Å²) in [7, 11) is 0. The van der Waals surface area contributed by atoms with E-state index in [0.29, 0.717) is 6.04 Å². The second-order valence-electron chi connectivity index (χ2n) is 6.19. The van der Waals surface area contributed by atoms with Crippen LogP contribution in [0.3, 0.4) is 0 Å². The number of carbonyl (C=O) groups excluding carboxylic acids is 1. The lowest BCUT2D eigenvalue weighted by molar-refractivity contribution is -0.130. The van der Waals surface area contributed by atoms with Gasteiger partial charge in [0.15, 0.2) is 0 Å². The summed E-state index contributed by atoms with van der Waals surface area (Å²) in [4.78, 5) is 17.0. The van der Waals surface area contributed by atoms with Crippen molar-refractivity contribution in [3.63, 3.8) is 0 Å². The first kappa shape index (κ1) is 12.2. The molecular formula is C14H20N2OS. The number of rotatable bonds is 2. The van der Waals surface area contributed by atoms with Crippen molar-refractivity contribution in [1.29, 1.82) is 0 Å². The van der Waals surface area contributed by atoms with Crippen molar-refractivity contribution in [3.05, 3.63) is 21.9 Å². The van der Waals surface area contributed by atoms with E-state index in [9.17, 15) is 4.79 Å². The number of nitrogens with one attached hydrogen (secondary N) is 1. The van der Waals surface area contributed by atoms with Gasteiger partial charge in [-0.2, -0.15) is 0 Å². The minimum atomic E-state index is -0.0613. The highest BCUT2D eigenvalue weighted by Crippen LogP contribution is 2.52. The van der Waals surface area contributed by atoms with Crippen molar-refractivity contribution in [1.82, 2.24) is 10.2 Å². The standard InChI is InChI=1S/C14H20N2OS/c1-8-5-6-10(18-8)12-15-9(2)13(17)16(12)11-7-14(11,3)4/h5-6,9,11-12,15H,7H2,1-4H3. The number of hydrogen-bond acceptors (Lipinski definition) is 3. The first-order valence-electron chi connectivity index (χ1n) is 6.55. The Morgan fingerprint density at radius 3 is 2.61 bits per heavy atom. The van der Waals surface area contributed by atoms with Crippen LogP contribution in [0.2, 0.25) is 0 Å². The molecule has 4 heteroatoms. The molecule has 2 heterocycles. The highest BCUT2D eigenvalue weighted by Gasteiger charge is 2.56. The van der Waals surface area contributed by atoms with Gasteiger partial charge in [-0.15, -0.1) is 11.3 Å². The van der Waals surface area contributed by atoms with Crippen molar-refractivity contribution in [2.75, 3.05) is 0 Å². The molecule has 98 valence electrons. The second kappa shape index (κ2) is 3.81. The van der Waals surface area contributed by atoms with Crippen LogP contribution < -0.4 is 5.32 Å². The quantitative estimate of drug-likeness (QED) is 0.890. The van der Waals surface area contributed by atoms with Crippen LogP contribution in [0.4, 0.5) is 0 Å². The van der Waals surface area contributed by atoms with Gasteiger partial charge in [0.2, 0.25) is 5.91 Å². The Bertz CT molecular complexity index is 494. The van der Waals surface area contributed by atoms with Crippen LogP contribution in [0.1, 0.15) is 43.1 Å². The van der Waals surface area contributed by atoms with E-state index in [4.69, 9.17) is 0 Å². The lowest BCUT2D eigenvalue weighted by Crippen LogP contribution is -2.34. The molecule has 2 fully saturated rings. The van der Waals surface area contributed by atoms with Crippen molar-refractivity contribution in [2.24, 2.45) is 5.41 Å². The van der Waals surface area contributed by atoms with Gasteiger partial charge in [0.25, 0.3) is 0 Å². The van der Waals surface area contributed by atoms with Crippen LogP contribution in [0.15, 0.2) is 12.1 Å². The molecule has 3 nitrogen and oxygen atoms in total. The molecule has 1 N–H and O–H groups in total. The van der Waals surface area contributed by atoms with E-state index in [-0.39, 0.29) is 23.5 Å². The highest BCUT2D eigenvalue weighted by atomic mass is 32.1. The minimum absolute atomic E-state index is 0.0613. The lowest BCUT2D eigenvalue weighted by Gasteiger charge is -2.25. The molecule has 1 saturated carbocycles. The molecule has 18 heavy (non-hydrogen) atoms. The molecule has 3 atom stereocenters. The van der Waals surface area contributed by atoms with Gasteiger partial charge in [-0.3, -0.25) is 10.1 Å². The number of aryl methyl sites for hydroxylation is 1. The van der Waals surface area contributed by atoms with Gasteiger partial charge in [-0.05, 0) is 37.8 Å². The van der Waals surface area contributed by atoms with Gasteiger partial charge in [0, 0.05) is 15.8 Å². The molecule has 1 amide bonds. The fourth-order valence-electron chi connectivity index (χ4n) is 2.81. The Kier molecular flexibility index (Phi) is 2.58. The topological polar surface area (TPSA) is 32.3 Å². The Hall–Kier alpha value is -0.870. The second-order valence-corrected chi connectivity index (χ2v) is 7.51. The van der Waals surface area contributed by atoms with Crippen LogP contribution in [0.25, 0.3) is 0 Å². The number of thiophene rings is 1. The Balaban J connectivity index is 1.91. The first-order valence-corrected chi connectivity index (χ1v) is 7.36. The monoisotopic (exact) mass is 264 g/mol. The average molecular weight is 264 g/mol. The molecule has 3 rings (SSSR count). The predicted octanol–water partition coefficient (Wildman–Crippen LogP) is 2.67. The molecule has 3 unspecified atom stereocenters. The maximum absolute atomic E-state index is 12.3. The molecule has 1 aromatic rings. The van der Waals surface area contributed by atoms with E-state index in [1.54, 1.807) is 11.3 Å². The smallest absolute Gasteiger partial charge is 0.241 e. The van der Waals surface area contributed by atoms with Crippen LogP contribution in [0, 0.1) is 12.3 Å². The summed E-state index contributed by atoms with van der Waals surface area (Å²) in [6, 6.07) is 4.61. The van der Waals surface area contributed by atoms with Crippen molar-refractivity contribution in [2.45, 2.75) is 52.4 Å². The number of hydrogen-bond donors (Lipinski definition) is 1. The van der Waals surface area contributed by atoms with Gasteiger partial charge < -0.3 is 4.90 Å². The maximum atomic E-state index is 12.3. The van der Waals surface area contributed by atoms with Gasteiger partial charge >= 0.3 is 0 Å². The van der Waals surface area contributed by atoms with E-state index in [1.807, 2.05) is 6.92 Å². The summed E-state index contributed by atoms with van der Waals surface area (Å²) in [5.74, 6) is 0.252. The number of nitrogens with zero attached hydrogens (tertiary/aromatic N) is 1. The number of amides is 1. The molecule has 0 bridgehead atoms. The van der Waals surface area contributed by atoms with Crippen LogP contribution in [0.5, 0.6) is 0 Å². The van der Waals surface area contributed by atoms with E-state index < -0.39 is 0 Å². The lowest BCUT2D eigenvalue weighted by atomic mass is 10.1. The molecule has 2 aliphatic rings. The van der Waals surface area contributed by atoms with Gasteiger partial charge in [-0.25, -0.2) is 0 Å². The zero-order valence-corrected chi connectivity index (χ0v) is 12.2. The van der Waals surface area contributed by atoms with Crippen LogP contribution in [-0.4, -0.2) is 22.9 Å². The Morgan fingerprint density at radius 2 is 2.11 bits per heavy atom. The molecule has 1 saturated heterocycles.